The van der Waals surface area contributed by atoms with Crippen LogP contribution in [0.25, 0.3) is 0 Å². The van der Waals surface area contributed by atoms with Gasteiger partial charge in [0.15, 0.2) is 5.78 Å². The maximum atomic E-state index is 12.4. The van der Waals surface area contributed by atoms with Crippen molar-refractivity contribution < 1.29 is 9.72 Å². The minimum Gasteiger partial charge on any atom is -0.335 e. The second kappa shape index (κ2) is 6.26. The summed E-state index contributed by atoms with van der Waals surface area (Å²) in [5.41, 5.74) is 1.52. The molecule has 23 heavy (non-hydrogen) atoms. The van der Waals surface area contributed by atoms with Crippen LogP contribution in [-0.2, 0) is 0 Å². The highest BCUT2D eigenvalue weighted by Crippen LogP contribution is 2.45. The molecule has 0 saturated carbocycles. The van der Waals surface area contributed by atoms with Gasteiger partial charge in [0.05, 0.1) is 15.6 Å². The third-order valence-corrected chi connectivity index (χ3v) is 4.68. The van der Waals surface area contributed by atoms with E-state index in [2.05, 4.69) is 4.90 Å². The van der Waals surface area contributed by atoms with E-state index in [1.807, 2.05) is 31.2 Å². The van der Waals surface area contributed by atoms with Crippen LogP contribution in [0, 0.1) is 10.1 Å². The minimum absolute atomic E-state index is 0.0213. The quantitative estimate of drug-likeness (QED) is 0.364. The zero-order chi connectivity index (χ0) is 16.4. The number of benzene rings is 2. The molecule has 0 unspecified atom stereocenters. The van der Waals surface area contributed by atoms with Crippen LogP contribution in [0.15, 0.2) is 64.5 Å². The Morgan fingerprint density at radius 3 is 2.57 bits per heavy atom. The molecule has 0 aliphatic carbocycles. The van der Waals surface area contributed by atoms with Crippen molar-refractivity contribution in [1.29, 1.82) is 0 Å². The van der Waals surface area contributed by atoms with E-state index in [-0.39, 0.29) is 11.5 Å². The number of carbonyl (C=O) groups is 1. The zero-order valence-corrected chi connectivity index (χ0v) is 13.2. The number of carbonyl (C=O) groups excluding carboxylic acids is 1. The Morgan fingerprint density at radius 1 is 1.22 bits per heavy atom. The fourth-order valence-electron chi connectivity index (χ4n) is 2.43. The van der Waals surface area contributed by atoms with Crippen LogP contribution in [-0.4, -0.2) is 17.3 Å². The predicted molar refractivity (Wildman–Crippen MR) is 90.8 cm³/mol. The molecule has 1 aliphatic heterocycles. The summed E-state index contributed by atoms with van der Waals surface area (Å²) in [6, 6.07) is 13.7. The Bertz CT molecular complexity index is 800. The molecule has 0 bridgehead atoms. The second-order valence-corrected chi connectivity index (χ2v) is 6.03. The van der Waals surface area contributed by atoms with E-state index in [1.165, 1.54) is 24.3 Å². The molecule has 0 atom stereocenters. The van der Waals surface area contributed by atoms with Crippen molar-refractivity contribution in [2.24, 2.45) is 0 Å². The van der Waals surface area contributed by atoms with Crippen LogP contribution in [0.5, 0.6) is 0 Å². The standard InChI is InChI=1S/C17H14N2O3S/c1-2-18-14-5-3-4-6-16(14)23-17(18)11-15(20)12-7-9-13(10-8-12)19(21)22/h3-11H,2H2,1H3/b17-11+. The molecule has 2 aromatic carbocycles. The molecule has 0 fully saturated rings. The first-order valence-electron chi connectivity index (χ1n) is 7.15. The van der Waals surface area contributed by atoms with Gasteiger partial charge in [0, 0.05) is 35.2 Å². The number of anilines is 1. The Morgan fingerprint density at radius 2 is 1.91 bits per heavy atom. The summed E-state index contributed by atoms with van der Waals surface area (Å²) in [6.07, 6.45) is 1.59. The monoisotopic (exact) mass is 326 g/mol. The molecule has 6 heteroatoms. The Balaban J connectivity index is 1.87. The number of nitro benzene ring substituents is 1. The average molecular weight is 326 g/mol. The molecule has 3 rings (SSSR count). The van der Waals surface area contributed by atoms with Gasteiger partial charge in [-0.25, -0.2) is 0 Å². The first-order valence-corrected chi connectivity index (χ1v) is 7.96. The molecule has 116 valence electrons. The Labute approximate surface area is 137 Å². The number of hydrogen-bond donors (Lipinski definition) is 0. The van der Waals surface area contributed by atoms with Gasteiger partial charge in [-0.2, -0.15) is 0 Å². The van der Waals surface area contributed by atoms with E-state index in [1.54, 1.807) is 17.8 Å². The van der Waals surface area contributed by atoms with Gasteiger partial charge in [0.2, 0.25) is 0 Å². The van der Waals surface area contributed by atoms with E-state index < -0.39 is 4.92 Å². The van der Waals surface area contributed by atoms with E-state index >= 15 is 0 Å². The lowest BCUT2D eigenvalue weighted by Crippen LogP contribution is -2.17. The van der Waals surface area contributed by atoms with Crippen molar-refractivity contribution in [2.45, 2.75) is 11.8 Å². The molecule has 0 amide bonds. The van der Waals surface area contributed by atoms with Crippen molar-refractivity contribution >= 4 is 28.9 Å². The number of allylic oxidation sites excluding steroid dienone is 1. The molecule has 2 aromatic rings. The van der Waals surface area contributed by atoms with Crippen molar-refractivity contribution in [1.82, 2.24) is 0 Å². The predicted octanol–water partition coefficient (Wildman–Crippen LogP) is 4.25. The number of nitrogens with zero attached hydrogens (tertiary/aromatic N) is 2. The van der Waals surface area contributed by atoms with Crippen LogP contribution < -0.4 is 4.90 Å². The summed E-state index contributed by atoms with van der Waals surface area (Å²) >= 11 is 1.56. The highest BCUT2D eigenvalue weighted by Gasteiger charge is 2.24. The summed E-state index contributed by atoms with van der Waals surface area (Å²) in [7, 11) is 0. The number of rotatable bonds is 4. The maximum absolute atomic E-state index is 12.4. The largest absolute Gasteiger partial charge is 0.335 e. The molecule has 5 nitrogen and oxygen atoms in total. The average Bonchev–Trinajstić information content (AvgIpc) is 2.91. The molecular formula is C17H14N2O3S. The van der Waals surface area contributed by atoms with Crippen LogP contribution in [0.2, 0.25) is 0 Å². The fraction of sp³-hybridized carbons (Fsp3) is 0.118. The highest BCUT2D eigenvalue weighted by atomic mass is 32.2. The summed E-state index contributed by atoms with van der Waals surface area (Å²) in [4.78, 5) is 25.8. The van der Waals surface area contributed by atoms with Crippen LogP contribution in [0.3, 0.4) is 0 Å². The fourth-order valence-corrected chi connectivity index (χ4v) is 3.59. The first-order chi connectivity index (χ1) is 11.1. The van der Waals surface area contributed by atoms with E-state index in [4.69, 9.17) is 0 Å². The maximum Gasteiger partial charge on any atom is 0.269 e. The number of non-ortho nitro benzene ring substituents is 1. The van der Waals surface area contributed by atoms with Crippen molar-refractivity contribution in [3.05, 3.63) is 75.3 Å². The van der Waals surface area contributed by atoms with Gasteiger partial charge < -0.3 is 4.90 Å². The number of para-hydroxylation sites is 1. The Kier molecular flexibility index (Phi) is 4.16. The topological polar surface area (TPSA) is 63.5 Å². The SMILES string of the molecule is CCN1/C(=C\C(=O)c2ccc([N+](=O)[O-])cc2)Sc2ccccc21. The van der Waals surface area contributed by atoms with E-state index in [0.717, 1.165) is 22.2 Å². The zero-order valence-electron chi connectivity index (χ0n) is 12.4. The lowest BCUT2D eigenvalue weighted by Gasteiger charge is -2.17. The summed E-state index contributed by atoms with van der Waals surface area (Å²) in [5, 5.41) is 11.5. The van der Waals surface area contributed by atoms with E-state index in [9.17, 15) is 14.9 Å². The number of fused-ring (bicyclic) bond motifs is 1. The highest BCUT2D eigenvalue weighted by molar-refractivity contribution is 8.03. The number of hydrogen-bond acceptors (Lipinski definition) is 5. The third-order valence-electron chi connectivity index (χ3n) is 3.57. The first kappa shape index (κ1) is 15.3. The van der Waals surface area contributed by atoms with Crippen LogP contribution >= 0.6 is 11.8 Å². The second-order valence-electron chi connectivity index (χ2n) is 4.96. The molecule has 1 heterocycles. The number of ketones is 1. The minimum atomic E-state index is -0.477. The van der Waals surface area contributed by atoms with Crippen molar-refractivity contribution in [3.8, 4) is 0 Å². The molecule has 0 spiro atoms. The van der Waals surface area contributed by atoms with Crippen LogP contribution in [0.1, 0.15) is 17.3 Å². The van der Waals surface area contributed by atoms with E-state index in [0.29, 0.717) is 5.56 Å². The van der Waals surface area contributed by atoms with Crippen molar-refractivity contribution in [3.63, 3.8) is 0 Å². The smallest absolute Gasteiger partial charge is 0.269 e. The third kappa shape index (κ3) is 2.98. The normalized spacial score (nSPS) is 14.8. The van der Waals surface area contributed by atoms with Gasteiger partial charge in [-0.15, -0.1) is 0 Å². The van der Waals surface area contributed by atoms with Crippen molar-refractivity contribution in [2.75, 3.05) is 11.4 Å². The summed E-state index contributed by atoms with van der Waals surface area (Å²) in [6.45, 7) is 2.80. The summed E-state index contributed by atoms with van der Waals surface area (Å²) < 4.78 is 0. The van der Waals surface area contributed by atoms with Gasteiger partial charge in [-0.1, -0.05) is 23.9 Å². The van der Waals surface area contributed by atoms with Gasteiger partial charge in [-0.05, 0) is 31.2 Å². The van der Waals surface area contributed by atoms with Gasteiger partial charge in [0.25, 0.3) is 5.69 Å². The molecule has 0 N–H and O–H groups in total. The molecule has 0 saturated heterocycles. The lowest BCUT2D eigenvalue weighted by atomic mass is 10.1. The molecule has 0 radical (unpaired) electrons. The van der Waals surface area contributed by atoms with Crippen LogP contribution in [0.4, 0.5) is 11.4 Å². The van der Waals surface area contributed by atoms with Gasteiger partial charge in [0.1, 0.15) is 0 Å². The summed E-state index contributed by atoms with van der Waals surface area (Å²) in [5.74, 6) is -0.159. The lowest BCUT2D eigenvalue weighted by molar-refractivity contribution is -0.384. The molecule has 0 aromatic heterocycles. The molecule has 1 aliphatic rings. The number of thioether (sulfide) groups is 1. The molecular weight excluding hydrogens is 312 g/mol. The number of nitro groups is 1. The van der Waals surface area contributed by atoms with Gasteiger partial charge >= 0.3 is 0 Å². The van der Waals surface area contributed by atoms with Gasteiger partial charge in [-0.3, -0.25) is 14.9 Å². The Hall–Kier alpha value is -2.60.